The molecule has 0 bridgehead atoms. The summed E-state index contributed by atoms with van der Waals surface area (Å²) in [6.07, 6.45) is 0. The Balaban J connectivity index is 2.28. The van der Waals surface area contributed by atoms with Crippen LogP contribution in [0.25, 0.3) is 0 Å². The van der Waals surface area contributed by atoms with E-state index in [2.05, 4.69) is 0 Å². The van der Waals surface area contributed by atoms with E-state index < -0.39 is 0 Å². The van der Waals surface area contributed by atoms with Crippen molar-refractivity contribution in [2.75, 3.05) is 6.54 Å². The molecule has 59 valence electrons. The Morgan fingerprint density at radius 2 is 2.00 bits per heavy atom. The molecule has 0 unspecified atom stereocenters. The van der Waals surface area contributed by atoms with Crippen LogP contribution in [-0.2, 0) is 11.3 Å². The van der Waals surface area contributed by atoms with Crippen molar-refractivity contribution < 1.29 is 4.74 Å². The van der Waals surface area contributed by atoms with Gasteiger partial charge in [-0.25, -0.2) is 0 Å². The van der Waals surface area contributed by atoms with Gasteiger partial charge in [0.2, 0.25) is 0 Å². The van der Waals surface area contributed by atoms with Crippen LogP contribution in [0.3, 0.4) is 0 Å². The van der Waals surface area contributed by atoms with E-state index in [-0.39, 0.29) is 0 Å². The summed E-state index contributed by atoms with van der Waals surface area (Å²) >= 11 is 0. The average Bonchev–Trinajstić information content (AvgIpc) is 2.07. The molecule has 1 aromatic rings. The molecule has 0 heterocycles. The smallest absolute Gasteiger partial charge is 0.0975 e. The number of hydrogen-bond acceptors (Lipinski definition) is 2. The highest BCUT2D eigenvalue weighted by Gasteiger charge is 1.89. The predicted molar refractivity (Wildman–Crippen MR) is 44.6 cm³/mol. The Kier molecular flexibility index (Phi) is 3.65. The molecule has 0 aliphatic rings. The molecule has 11 heavy (non-hydrogen) atoms. The molecule has 0 amide bonds. The highest BCUT2D eigenvalue weighted by atomic mass is 16.5. The standard InChI is InChI=1S/C9H12NO/c10-6-7-11-8-9-4-2-1-3-5-9/h1-5,7H,6,8,10H2. The average molecular weight is 150 g/mol. The van der Waals surface area contributed by atoms with Crippen LogP contribution in [0.15, 0.2) is 30.3 Å². The fourth-order valence-electron chi connectivity index (χ4n) is 0.797. The summed E-state index contributed by atoms with van der Waals surface area (Å²) in [5.41, 5.74) is 6.38. The molecule has 0 saturated heterocycles. The summed E-state index contributed by atoms with van der Waals surface area (Å²) in [6, 6.07) is 9.99. The number of ether oxygens (including phenoxy) is 1. The Hall–Kier alpha value is -0.860. The number of rotatable bonds is 4. The third kappa shape index (κ3) is 3.16. The maximum Gasteiger partial charge on any atom is 0.0975 e. The van der Waals surface area contributed by atoms with Gasteiger partial charge in [-0.15, -0.1) is 0 Å². The van der Waals surface area contributed by atoms with Crippen molar-refractivity contribution in [3.05, 3.63) is 42.5 Å². The van der Waals surface area contributed by atoms with E-state index in [9.17, 15) is 0 Å². The van der Waals surface area contributed by atoms with Gasteiger partial charge in [-0.2, -0.15) is 0 Å². The van der Waals surface area contributed by atoms with Crippen LogP contribution in [0.4, 0.5) is 0 Å². The van der Waals surface area contributed by atoms with Crippen LogP contribution in [-0.4, -0.2) is 6.54 Å². The monoisotopic (exact) mass is 150 g/mol. The first kappa shape index (κ1) is 8.24. The fraction of sp³-hybridized carbons (Fsp3) is 0.222. The topological polar surface area (TPSA) is 35.2 Å². The Labute approximate surface area is 67.0 Å². The molecule has 1 radical (unpaired) electrons. The van der Waals surface area contributed by atoms with Gasteiger partial charge in [-0.3, -0.25) is 0 Å². The van der Waals surface area contributed by atoms with E-state index in [4.69, 9.17) is 10.5 Å². The largest absolute Gasteiger partial charge is 0.369 e. The number of hydrogen-bond donors (Lipinski definition) is 1. The van der Waals surface area contributed by atoms with Crippen LogP contribution in [0, 0.1) is 6.61 Å². The molecular weight excluding hydrogens is 138 g/mol. The third-order valence-electron chi connectivity index (χ3n) is 1.31. The molecule has 2 heteroatoms. The van der Waals surface area contributed by atoms with Gasteiger partial charge in [0, 0.05) is 6.54 Å². The van der Waals surface area contributed by atoms with E-state index in [0.717, 1.165) is 5.56 Å². The predicted octanol–water partition coefficient (Wildman–Crippen LogP) is 1.32. The zero-order chi connectivity index (χ0) is 7.94. The van der Waals surface area contributed by atoms with Gasteiger partial charge in [0.15, 0.2) is 0 Å². The van der Waals surface area contributed by atoms with Crippen molar-refractivity contribution in [3.63, 3.8) is 0 Å². The maximum absolute atomic E-state index is 5.21. The highest BCUT2D eigenvalue weighted by molar-refractivity contribution is 5.13. The highest BCUT2D eigenvalue weighted by Crippen LogP contribution is 2.00. The first-order valence-electron chi connectivity index (χ1n) is 3.61. The van der Waals surface area contributed by atoms with Crippen LogP contribution in [0.2, 0.25) is 0 Å². The minimum absolute atomic E-state index is 0.465. The summed E-state index contributed by atoms with van der Waals surface area (Å²) < 4.78 is 5.12. The Bertz CT molecular complexity index is 186. The molecule has 0 saturated carbocycles. The molecule has 1 rings (SSSR count). The van der Waals surface area contributed by atoms with Gasteiger partial charge in [-0.05, 0) is 5.56 Å². The molecule has 2 nitrogen and oxygen atoms in total. The molecule has 0 fully saturated rings. The molecule has 2 N–H and O–H groups in total. The van der Waals surface area contributed by atoms with E-state index in [1.165, 1.54) is 0 Å². The van der Waals surface area contributed by atoms with Crippen LogP contribution < -0.4 is 5.73 Å². The van der Waals surface area contributed by atoms with Crippen LogP contribution in [0.1, 0.15) is 5.56 Å². The van der Waals surface area contributed by atoms with E-state index in [1.807, 2.05) is 30.3 Å². The van der Waals surface area contributed by atoms with Crippen molar-refractivity contribution in [2.24, 2.45) is 5.73 Å². The SMILES string of the molecule is NC[CH]OCc1ccccc1. The molecule has 1 aromatic carbocycles. The van der Waals surface area contributed by atoms with Crippen molar-refractivity contribution in [1.29, 1.82) is 0 Å². The Morgan fingerprint density at radius 3 is 2.64 bits per heavy atom. The maximum atomic E-state index is 5.21. The third-order valence-corrected chi connectivity index (χ3v) is 1.31. The Morgan fingerprint density at radius 1 is 1.27 bits per heavy atom. The quantitative estimate of drug-likeness (QED) is 0.657. The lowest BCUT2D eigenvalue weighted by molar-refractivity contribution is 0.186. The van der Waals surface area contributed by atoms with Crippen molar-refractivity contribution >= 4 is 0 Å². The second kappa shape index (κ2) is 4.88. The number of nitrogens with two attached hydrogens (primary N) is 1. The van der Waals surface area contributed by atoms with Crippen LogP contribution in [0.5, 0.6) is 0 Å². The second-order valence-corrected chi connectivity index (χ2v) is 2.20. The van der Waals surface area contributed by atoms with Gasteiger partial charge in [-0.1, -0.05) is 30.3 Å². The summed E-state index contributed by atoms with van der Waals surface area (Å²) in [6.45, 7) is 2.68. The van der Waals surface area contributed by atoms with Gasteiger partial charge in [0.05, 0.1) is 13.2 Å². The normalized spacial score (nSPS) is 9.91. The first-order valence-corrected chi connectivity index (χ1v) is 3.61. The van der Waals surface area contributed by atoms with Crippen molar-refractivity contribution in [2.45, 2.75) is 6.61 Å². The van der Waals surface area contributed by atoms with Gasteiger partial charge in [0.1, 0.15) is 0 Å². The molecule has 0 aliphatic heterocycles. The summed E-state index contributed by atoms with van der Waals surface area (Å²) in [5.74, 6) is 0. The molecule has 0 aliphatic carbocycles. The second-order valence-electron chi connectivity index (χ2n) is 2.20. The first-order chi connectivity index (χ1) is 5.43. The number of benzene rings is 1. The molecular formula is C9H12NO. The lowest BCUT2D eigenvalue weighted by Crippen LogP contribution is -2.02. The minimum Gasteiger partial charge on any atom is -0.369 e. The lowest BCUT2D eigenvalue weighted by Gasteiger charge is -2.00. The van der Waals surface area contributed by atoms with E-state index in [0.29, 0.717) is 13.2 Å². The van der Waals surface area contributed by atoms with E-state index >= 15 is 0 Å². The van der Waals surface area contributed by atoms with Gasteiger partial charge < -0.3 is 10.5 Å². The summed E-state index contributed by atoms with van der Waals surface area (Å²) in [4.78, 5) is 0. The summed E-state index contributed by atoms with van der Waals surface area (Å²) in [7, 11) is 0. The fourth-order valence-corrected chi connectivity index (χ4v) is 0.797. The summed E-state index contributed by atoms with van der Waals surface area (Å²) in [5, 5.41) is 0. The minimum atomic E-state index is 0.465. The zero-order valence-corrected chi connectivity index (χ0v) is 6.36. The van der Waals surface area contributed by atoms with Crippen molar-refractivity contribution in [3.8, 4) is 0 Å². The lowest BCUT2D eigenvalue weighted by atomic mass is 10.2. The van der Waals surface area contributed by atoms with Gasteiger partial charge >= 0.3 is 0 Å². The molecule has 0 spiro atoms. The van der Waals surface area contributed by atoms with Crippen LogP contribution >= 0.6 is 0 Å². The van der Waals surface area contributed by atoms with Crippen molar-refractivity contribution in [1.82, 2.24) is 0 Å². The zero-order valence-electron chi connectivity index (χ0n) is 6.36. The molecule has 0 aromatic heterocycles. The molecule has 0 atom stereocenters. The van der Waals surface area contributed by atoms with Gasteiger partial charge in [0.25, 0.3) is 0 Å². The van der Waals surface area contributed by atoms with E-state index in [1.54, 1.807) is 6.61 Å².